The number of hydrogen-bond acceptors (Lipinski definition) is 4. The van der Waals surface area contributed by atoms with Crippen molar-refractivity contribution in [2.45, 2.75) is 56.7 Å². The van der Waals surface area contributed by atoms with E-state index in [0.29, 0.717) is 17.3 Å². The number of aromatic nitrogens is 1. The first kappa shape index (κ1) is 15.7. The molecule has 0 spiro atoms. The van der Waals surface area contributed by atoms with Crippen molar-refractivity contribution in [1.82, 2.24) is 15.2 Å². The number of carbonyl (C=O) groups excluding carboxylic acids is 1. The van der Waals surface area contributed by atoms with Crippen LogP contribution in [-0.4, -0.2) is 52.2 Å². The third kappa shape index (κ3) is 3.08. The highest BCUT2D eigenvalue weighted by Crippen LogP contribution is 2.26. The molecule has 1 saturated heterocycles. The van der Waals surface area contributed by atoms with Gasteiger partial charge in [-0.15, -0.1) is 0 Å². The molecule has 2 unspecified atom stereocenters. The lowest BCUT2D eigenvalue weighted by Gasteiger charge is -2.41. The van der Waals surface area contributed by atoms with E-state index in [1.54, 1.807) is 12.3 Å². The zero-order valence-corrected chi connectivity index (χ0v) is 13.8. The van der Waals surface area contributed by atoms with E-state index in [4.69, 9.17) is 4.42 Å². The number of piperidine rings is 1. The number of nitrogens with one attached hydrogen (secondary N) is 2. The molecule has 4 rings (SSSR count). The molecule has 0 aromatic carbocycles. The average molecular weight is 331 g/mol. The molecular weight excluding hydrogens is 306 g/mol. The first-order chi connectivity index (χ1) is 11.7. The van der Waals surface area contributed by atoms with Crippen LogP contribution in [0.4, 0.5) is 0 Å². The molecule has 2 aromatic rings. The summed E-state index contributed by atoms with van der Waals surface area (Å²) in [5.74, 6) is -0.0717. The molecule has 6 nitrogen and oxygen atoms in total. The van der Waals surface area contributed by atoms with Gasteiger partial charge in [0.15, 0.2) is 5.58 Å². The molecule has 130 valence electrons. The number of rotatable bonds is 3. The van der Waals surface area contributed by atoms with Gasteiger partial charge in [0.25, 0.3) is 5.91 Å². The van der Waals surface area contributed by atoms with Crippen LogP contribution in [0.15, 0.2) is 22.8 Å². The predicted molar refractivity (Wildman–Crippen MR) is 90.9 cm³/mol. The number of hydrogen-bond donors (Lipinski definition) is 3. The topological polar surface area (TPSA) is 81.5 Å². The quantitative estimate of drug-likeness (QED) is 0.806. The standard InChI is InChI=1S/C18H25N3O3/c22-16-4-2-1-3-15(16)21-8-5-12(6-9-21)19-18(23)14-11-17-13(20-14)7-10-24-17/h7,10-12,15-16,20,22H,1-6,8-9H2,(H,19,23). The van der Waals surface area contributed by atoms with Gasteiger partial charge < -0.3 is 19.8 Å². The molecule has 24 heavy (non-hydrogen) atoms. The van der Waals surface area contributed by atoms with Crippen molar-refractivity contribution in [1.29, 1.82) is 0 Å². The Bertz CT molecular complexity index is 671. The van der Waals surface area contributed by atoms with Crippen molar-refractivity contribution in [2.24, 2.45) is 0 Å². The highest BCUT2D eigenvalue weighted by Gasteiger charge is 2.31. The Labute approximate surface area is 141 Å². The maximum atomic E-state index is 12.4. The largest absolute Gasteiger partial charge is 0.463 e. The summed E-state index contributed by atoms with van der Waals surface area (Å²) in [6.07, 6.45) is 7.68. The molecule has 2 aliphatic rings. The molecule has 2 atom stereocenters. The van der Waals surface area contributed by atoms with E-state index in [0.717, 1.165) is 50.7 Å². The maximum absolute atomic E-state index is 12.4. The fraction of sp³-hybridized carbons (Fsp3) is 0.611. The minimum absolute atomic E-state index is 0.0717. The molecule has 3 N–H and O–H groups in total. The maximum Gasteiger partial charge on any atom is 0.268 e. The van der Waals surface area contributed by atoms with E-state index in [1.807, 2.05) is 6.07 Å². The van der Waals surface area contributed by atoms with Crippen LogP contribution in [0.3, 0.4) is 0 Å². The van der Waals surface area contributed by atoms with E-state index in [2.05, 4.69) is 15.2 Å². The third-order valence-electron chi connectivity index (χ3n) is 5.51. The number of likely N-dealkylation sites (tertiary alicyclic amines) is 1. The summed E-state index contributed by atoms with van der Waals surface area (Å²) in [6.45, 7) is 1.89. The molecule has 6 heteroatoms. The van der Waals surface area contributed by atoms with E-state index < -0.39 is 0 Å². The van der Waals surface area contributed by atoms with Crippen LogP contribution in [0, 0.1) is 0 Å². The van der Waals surface area contributed by atoms with Crippen LogP contribution < -0.4 is 5.32 Å². The number of H-pyrrole nitrogens is 1. The summed E-state index contributed by atoms with van der Waals surface area (Å²) in [5, 5.41) is 13.3. The van der Waals surface area contributed by atoms with Crippen molar-refractivity contribution in [3.63, 3.8) is 0 Å². The highest BCUT2D eigenvalue weighted by atomic mass is 16.3. The normalized spacial score (nSPS) is 26.7. The third-order valence-corrected chi connectivity index (χ3v) is 5.51. The molecule has 1 saturated carbocycles. The molecule has 2 fully saturated rings. The van der Waals surface area contributed by atoms with Crippen molar-refractivity contribution in [2.75, 3.05) is 13.1 Å². The Balaban J connectivity index is 1.31. The predicted octanol–water partition coefficient (Wildman–Crippen LogP) is 2.26. The Hall–Kier alpha value is -1.79. The van der Waals surface area contributed by atoms with Gasteiger partial charge in [0, 0.05) is 37.3 Å². The number of aromatic amines is 1. The van der Waals surface area contributed by atoms with Gasteiger partial charge in [-0.05, 0) is 25.7 Å². The first-order valence-corrected chi connectivity index (χ1v) is 9.00. The summed E-state index contributed by atoms with van der Waals surface area (Å²) < 4.78 is 5.29. The van der Waals surface area contributed by atoms with E-state index in [1.165, 1.54) is 6.42 Å². The molecule has 0 radical (unpaired) electrons. The van der Waals surface area contributed by atoms with Gasteiger partial charge in [-0.2, -0.15) is 0 Å². The SMILES string of the molecule is O=C(NC1CCN(C2CCCCC2O)CC1)c1cc2occc2[nH]1. The number of aliphatic hydroxyl groups is 1. The second kappa shape index (κ2) is 6.61. The number of amides is 1. The van der Waals surface area contributed by atoms with Gasteiger partial charge >= 0.3 is 0 Å². The summed E-state index contributed by atoms with van der Waals surface area (Å²) in [7, 11) is 0. The van der Waals surface area contributed by atoms with Crippen LogP contribution in [0.25, 0.3) is 11.1 Å². The molecule has 1 aliphatic heterocycles. The fourth-order valence-electron chi connectivity index (χ4n) is 4.13. The van der Waals surface area contributed by atoms with Crippen molar-refractivity contribution < 1.29 is 14.3 Å². The molecule has 3 heterocycles. The Morgan fingerprint density at radius 3 is 2.79 bits per heavy atom. The lowest BCUT2D eigenvalue weighted by atomic mass is 9.89. The van der Waals surface area contributed by atoms with Gasteiger partial charge in [-0.25, -0.2) is 0 Å². The van der Waals surface area contributed by atoms with Crippen molar-refractivity contribution >= 4 is 17.0 Å². The van der Waals surface area contributed by atoms with Gasteiger partial charge in [-0.1, -0.05) is 12.8 Å². The van der Waals surface area contributed by atoms with Crippen LogP contribution in [-0.2, 0) is 0 Å². The average Bonchev–Trinajstić information content (AvgIpc) is 3.18. The summed E-state index contributed by atoms with van der Waals surface area (Å²) in [4.78, 5) is 17.9. The van der Waals surface area contributed by atoms with Crippen LogP contribution in [0.5, 0.6) is 0 Å². The summed E-state index contributed by atoms with van der Waals surface area (Å²) >= 11 is 0. The monoisotopic (exact) mass is 331 g/mol. The van der Waals surface area contributed by atoms with Gasteiger partial charge in [-0.3, -0.25) is 9.69 Å². The molecule has 1 aliphatic carbocycles. The number of nitrogens with zero attached hydrogens (tertiary/aromatic N) is 1. The van der Waals surface area contributed by atoms with E-state index in [-0.39, 0.29) is 18.1 Å². The highest BCUT2D eigenvalue weighted by molar-refractivity contribution is 5.96. The first-order valence-electron chi connectivity index (χ1n) is 9.00. The second-order valence-corrected chi connectivity index (χ2v) is 7.08. The van der Waals surface area contributed by atoms with Gasteiger partial charge in [0.1, 0.15) is 5.69 Å². The lowest BCUT2D eigenvalue weighted by Crippen LogP contribution is -2.52. The number of aliphatic hydroxyl groups excluding tert-OH is 1. The number of furan rings is 1. The van der Waals surface area contributed by atoms with Crippen molar-refractivity contribution in [3.8, 4) is 0 Å². The molecule has 1 amide bonds. The Kier molecular flexibility index (Phi) is 4.33. The van der Waals surface area contributed by atoms with E-state index >= 15 is 0 Å². The smallest absolute Gasteiger partial charge is 0.268 e. The van der Waals surface area contributed by atoms with Gasteiger partial charge in [0.2, 0.25) is 0 Å². The zero-order chi connectivity index (χ0) is 16.5. The van der Waals surface area contributed by atoms with Crippen LogP contribution in [0.2, 0.25) is 0 Å². The molecular formula is C18H25N3O3. The van der Waals surface area contributed by atoms with Crippen LogP contribution in [0.1, 0.15) is 49.0 Å². The zero-order valence-electron chi connectivity index (χ0n) is 13.8. The number of carbonyl (C=O) groups is 1. The van der Waals surface area contributed by atoms with Crippen LogP contribution >= 0.6 is 0 Å². The van der Waals surface area contributed by atoms with Gasteiger partial charge in [0.05, 0.1) is 17.9 Å². The van der Waals surface area contributed by atoms with E-state index in [9.17, 15) is 9.90 Å². The number of fused-ring (bicyclic) bond motifs is 1. The second-order valence-electron chi connectivity index (χ2n) is 7.08. The summed E-state index contributed by atoms with van der Waals surface area (Å²) in [6, 6.07) is 4.08. The Morgan fingerprint density at radius 1 is 1.25 bits per heavy atom. The Morgan fingerprint density at radius 2 is 2.04 bits per heavy atom. The molecule has 0 bridgehead atoms. The fourth-order valence-corrected chi connectivity index (χ4v) is 4.13. The summed E-state index contributed by atoms with van der Waals surface area (Å²) in [5.41, 5.74) is 2.11. The lowest BCUT2D eigenvalue weighted by molar-refractivity contribution is 0.00726. The minimum Gasteiger partial charge on any atom is -0.463 e. The minimum atomic E-state index is -0.181. The van der Waals surface area contributed by atoms with Crippen molar-refractivity contribution in [3.05, 3.63) is 24.1 Å². The molecule has 2 aromatic heterocycles.